The van der Waals surface area contributed by atoms with Gasteiger partial charge in [-0.3, -0.25) is 4.79 Å². The number of hydrogen-bond acceptors (Lipinski definition) is 3. The Morgan fingerprint density at radius 3 is 2.43 bits per heavy atom. The van der Waals surface area contributed by atoms with E-state index in [1.54, 1.807) is 22.3 Å². The first-order chi connectivity index (χ1) is 11.1. The fourth-order valence-electron chi connectivity index (χ4n) is 2.37. The van der Waals surface area contributed by atoms with Crippen LogP contribution in [-0.4, -0.2) is 37.1 Å². The van der Waals surface area contributed by atoms with Crippen LogP contribution in [0.15, 0.2) is 30.3 Å². The number of halogens is 1. The molecule has 5 heteroatoms. The van der Waals surface area contributed by atoms with Gasteiger partial charge in [-0.15, -0.1) is 11.3 Å². The van der Waals surface area contributed by atoms with Crippen LogP contribution >= 0.6 is 11.3 Å². The van der Waals surface area contributed by atoms with Crippen LogP contribution in [0, 0.1) is 12.7 Å². The molecule has 0 bridgehead atoms. The van der Waals surface area contributed by atoms with Gasteiger partial charge >= 0.3 is 0 Å². The first kappa shape index (κ1) is 17.6. The molecule has 0 radical (unpaired) electrons. The summed E-state index contributed by atoms with van der Waals surface area (Å²) < 4.78 is 19.5. The number of rotatable bonds is 2. The molecule has 124 valence electrons. The lowest BCUT2D eigenvalue weighted by Gasteiger charge is -2.27. The lowest BCUT2D eigenvalue weighted by atomic mass is 10.1. The van der Waals surface area contributed by atoms with Crippen LogP contribution in [0.25, 0.3) is 10.4 Å². The molecule has 1 aliphatic heterocycles. The van der Waals surface area contributed by atoms with Gasteiger partial charge in [0, 0.05) is 22.8 Å². The molecule has 0 atom stereocenters. The van der Waals surface area contributed by atoms with Crippen LogP contribution in [0.2, 0.25) is 0 Å². The summed E-state index contributed by atoms with van der Waals surface area (Å²) in [5.41, 5.74) is 0.943. The molecule has 2 heterocycles. The topological polar surface area (TPSA) is 29.5 Å². The summed E-state index contributed by atoms with van der Waals surface area (Å²) in [5.74, 6) is -0.722. The van der Waals surface area contributed by atoms with Crippen molar-refractivity contribution in [3.05, 3.63) is 46.6 Å². The fraction of sp³-hybridized carbons (Fsp3) is 0.389. The predicted octanol–water partition coefficient (Wildman–Crippen LogP) is 4.36. The van der Waals surface area contributed by atoms with Gasteiger partial charge in [-0.1, -0.05) is 19.9 Å². The molecule has 0 saturated carbocycles. The van der Waals surface area contributed by atoms with E-state index in [-0.39, 0.29) is 11.5 Å². The van der Waals surface area contributed by atoms with E-state index in [1.807, 2.05) is 39.0 Å². The highest BCUT2D eigenvalue weighted by molar-refractivity contribution is 7.15. The third-order valence-corrected chi connectivity index (χ3v) is 4.57. The first-order valence-electron chi connectivity index (χ1n) is 7.88. The zero-order valence-corrected chi connectivity index (χ0v) is 14.6. The molecule has 1 amide bonds. The fourth-order valence-corrected chi connectivity index (χ4v) is 3.23. The maximum Gasteiger partial charge on any atom is 0.256 e. The highest BCUT2D eigenvalue weighted by Crippen LogP contribution is 2.29. The second kappa shape index (κ2) is 8.22. The highest BCUT2D eigenvalue weighted by Gasteiger charge is 2.21. The Balaban J connectivity index is 0.000000924. The standard InChI is InChI=1S/C16H16FNO2S.C2H6/c1-11-2-5-15(21-11)12-3-4-13(14(17)10-12)16(19)18-6-8-20-9-7-18;1-2/h2-5,10H,6-9H2,1H3;1-2H3. The van der Waals surface area contributed by atoms with Crippen LogP contribution in [0.3, 0.4) is 0 Å². The van der Waals surface area contributed by atoms with Crippen LogP contribution in [-0.2, 0) is 4.74 Å². The minimum absolute atomic E-state index is 0.133. The van der Waals surface area contributed by atoms with Gasteiger partial charge in [0.05, 0.1) is 18.8 Å². The van der Waals surface area contributed by atoms with Crippen molar-refractivity contribution in [3.63, 3.8) is 0 Å². The molecule has 2 aromatic rings. The Morgan fingerprint density at radius 1 is 1.17 bits per heavy atom. The third kappa shape index (κ3) is 4.18. The summed E-state index contributed by atoms with van der Waals surface area (Å²) in [5, 5.41) is 0. The number of ether oxygens (including phenoxy) is 1. The van der Waals surface area contributed by atoms with Crippen molar-refractivity contribution in [1.29, 1.82) is 0 Å². The van der Waals surface area contributed by atoms with Crippen LogP contribution in [0.5, 0.6) is 0 Å². The Hall–Kier alpha value is -1.72. The molecule has 0 aliphatic carbocycles. The summed E-state index contributed by atoms with van der Waals surface area (Å²) in [6.45, 7) is 8.08. The smallest absolute Gasteiger partial charge is 0.256 e. The Bertz CT molecular complexity index is 663. The van der Waals surface area contributed by atoms with Crippen LogP contribution in [0.1, 0.15) is 29.1 Å². The van der Waals surface area contributed by atoms with E-state index >= 15 is 0 Å². The Kier molecular flexibility index (Phi) is 6.30. The molecule has 3 rings (SSSR count). The summed E-state index contributed by atoms with van der Waals surface area (Å²) in [6.07, 6.45) is 0. The average molecular weight is 335 g/mol. The number of carbonyl (C=O) groups is 1. The first-order valence-corrected chi connectivity index (χ1v) is 8.70. The molecule has 1 aromatic carbocycles. The van der Waals surface area contributed by atoms with Gasteiger partial charge in [-0.2, -0.15) is 0 Å². The van der Waals surface area contributed by atoms with Gasteiger partial charge in [-0.25, -0.2) is 4.39 Å². The molecule has 1 fully saturated rings. The van der Waals surface area contributed by atoms with Crippen molar-refractivity contribution >= 4 is 17.2 Å². The third-order valence-electron chi connectivity index (χ3n) is 3.52. The van der Waals surface area contributed by atoms with Gasteiger partial charge in [0.25, 0.3) is 5.91 Å². The molecule has 0 spiro atoms. The maximum atomic E-state index is 14.3. The number of amides is 1. The monoisotopic (exact) mass is 335 g/mol. The number of benzene rings is 1. The van der Waals surface area contributed by atoms with E-state index < -0.39 is 5.82 Å². The highest BCUT2D eigenvalue weighted by atomic mass is 32.1. The molecular weight excluding hydrogens is 313 g/mol. The van der Waals surface area contributed by atoms with Crippen molar-refractivity contribution in [2.24, 2.45) is 0 Å². The van der Waals surface area contributed by atoms with Gasteiger partial charge in [0.15, 0.2) is 0 Å². The summed E-state index contributed by atoms with van der Waals surface area (Å²) in [7, 11) is 0. The molecule has 1 aliphatic rings. The van der Waals surface area contributed by atoms with Crippen LogP contribution < -0.4 is 0 Å². The van der Waals surface area contributed by atoms with Crippen molar-refractivity contribution in [1.82, 2.24) is 4.90 Å². The summed E-state index contributed by atoms with van der Waals surface area (Å²) in [4.78, 5) is 16.1. The van der Waals surface area contributed by atoms with Crippen molar-refractivity contribution < 1.29 is 13.9 Å². The van der Waals surface area contributed by atoms with Gasteiger partial charge < -0.3 is 9.64 Å². The molecule has 1 aromatic heterocycles. The number of nitrogens with zero attached hydrogens (tertiary/aromatic N) is 1. The number of carbonyl (C=O) groups excluding carboxylic acids is 1. The number of morpholine rings is 1. The second-order valence-electron chi connectivity index (χ2n) is 5.01. The number of hydrogen-bond donors (Lipinski definition) is 0. The average Bonchev–Trinajstić information content (AvgIpc) is 3.03. The normalized spacial score (nSPS) is 14.2. The number of aryl methyl sites for hydroxylation is 1. The molecule has 1 saturated heterocycles. The largest absolute Gasteiger partial charge is 0.378 e. The van der Waals surface area contributed by atoms with Gasteiger partial charge in [0.2, 0.25) is 0 Å². The van der Waals surface area contributed by atoms with Crippen molar-refractivity contribution in [2.75, 3.05) is 26.3 Å². The van der Waals surface area contributed by atoms with Gasteiger partial charge in [-0.05, 0) is 36.8 Å². The molecule has 0 N–H and O–H groups in total. The molecule has 3 nitrogen and oxygen atoms in total. The molecule has 0 unspecified atom stereocenters. The van der Waals surface area contributed by atoms with E-state index in [2.05, 4.69) is 0 Å². The van der Waals surface area contributed by atoms with E-state index in [9.17, 15) is 9.18 Å². The minimum atomic E-state index is -0.463. The lowest BCUT2D eigenvalue weighted by molar-refractivity contribution is 0.0300. The zero-order chi connectivity index (χ0) is 16.8. The number of thiophene rings is 1. The van der Waals surface area contributed by atoms with Crippen LogP contribution in [0.4, 0.5) is 4.39 Å². The summed E-state index contributed by atoms with van der Waals surface area (Å²) in [6, 6.07) is 8.81. The lowest BCUT2D eigenvalue weighted by Crippen LogP contribution is -2.41. The Morgan fingerprint density at radius 2 is 1.87 bits per heavy atom. The van der Waals surface area contributed by atoms with Gasteiger partial charge in [0.1, 0.15) is 5.82 Å². The quantitative estimate of drug-likeness (QED) is 0.816. The van der Waals surface area contributed by atoms with E-state index in [1.165, 1.54) is 10.9 Å². The second-order valence-corrected chi connectivity index (χ2v) is 6.30. The molecule has 23 heavy (non-hydrogen) atoms. The predicted molar refractivity (Wildman–Crippen MR) is 92.5 cm³/mol. The summed E-state index contributed by atoms with van der Waals surface area (Å²) >= 11 is 1.61. The van der Waals surface area contributed by atoms with E-state index in [0.29, 0.717) is 26.3 Å². The van der Waals surface area contributed by atoms with Crippen molar-refractivity contribution in [2.45, 2.75) is 20.8 Å². The van der Waals surface area contributed by atoms with Crippen molar-refractivity contribution in [3.8, 4) is 10.4 Å². The SMILES string of the molecule is CC.Cc1ccc(-c2ccc(C(=O)N3CCOCC3)c(F)c2)s1. The van der Waals surface area contributed by atoms with E-state index in [4.69, 9.17) is 4.74 Å². The Labute approximate surface area is 140 Å². The maximum absolute atomic E-state index is 14.3. The zero-order valence-electron chi connectivity index (χ0n) is 13.8. The minimum Gasteiger partial charge on any atom is -0.378 e. The van der Waals surface area contributed by atoms with E-state index in [0.717, 1.165) is 10.4 Å². The molecular formula is C18H22FNO2S.